The minimum absolute atomic E-state index is 0.375. The van der Waals surface area contributed by atoms with Gasteiger partial charge >= 0.3 is 238 Å². The van der Waals surface area contributed by atoms with Gasteiger partial charge in [-0.2, -0.15) is 0 Å². The number of allylic oxidation sites excluding steroid dienone is 4. The van der Waals surface area contributed by atoms with Gasteiger partial charge in [0.15, 0.2) is 0 Å². The number of fused-ring (bicyclic) bond motifs is 3. The molecule has 0 radical (unpaired) electrons. The summed E-state index contributed by atoms with van der Waals surface area (Å²) in [7, 11) is 0. The maximum atomic E-state index is 14.2. The first kappa shape index (κ1) is 26.5. The SMILES string of the molecule is C[Si](C)=[Ti]([O]C(=O)c1ccccc1)([O]C(=O)c1ccccc1)([C]1=CC=CC1)[CH]1c2ccccc2-c2ccccc21. The zero-order valence-electron chi connectivity index (χ0n) is 22.5. The predicted molar refractivity (Wildman–Crippen MR) is 157 cm³/mol. The molecule has 0 unspecified atom stereocenters. The average Bonchev–Trinajstić information content (AvgIpc) is 3.66. The van der Waals surface area contributed by atoms with E-state index in [-0.39, 0.29) is 4.22 Å². The first-order valence-electron chi connectivity index (χ1n) is 13.5. The first-order valence-corrected chi connectivity index (χ1v) is 21.3. The molecule has 0 aliphatic heterocycles. The van der Waals surface area contributed by atoms with Crippen LogP contribution in [0.3, 0.4) is 0 Å². The summed E-state index contributed by atoms with van der Waals surface area (Å²) >= 11 is -5.44. The molecule has 0 saturated heterocycles. The van der Waals surface area contributed by atoms with Gasteiger partial charge in [-0.1, -0.05) is 0 Å². The molecule has 0 amide bonds. The van der Waals surface area contributed by atoms with Crippen LogP contribution in [0.5, 0.6) is 0 Å². The topological polar surface area (TPSA) is 52.6 Å². The van der Waals surface area contributed by atoms with E-state index in [1.807, 2.05) is 66.7 Å². The van der Waals surface area contributed by atoms with E-state index in [1.54, 1.807) is 24.3 Å². The predicted octanol–water partition coefficient (Wildman–Crippen LogP) is 8.08. The Morgan fingerprint density at radius 1 is 0.675 bits per heavy atom. The molecule has 6 rings (SSSR count). The molecule has 0 atom stereocenters. The molecule has 0 N–H and O–H groups in total. The Hall–Kier alpha value is -3.77. The van der Waals surface area contributed by atoms with E-state index in [2.05, 4.69) is 49.5 Å². The Labute approximate surface area is 236 Å². The fourth-order valence-electron chi connectivity index (χ4n) is 6.42. The van der Waals surface area contributed by atoms with Crippen molar-refractivity contribution in [3.63, 3.8) is 0 Å². The van der Waals surface area contributed by atoms with Crippen LogP contribution >= 0.6 is 0 Å². The molecule has 0 spiro atoms. The third-order valence-corrected chi connectivity index (χ3v) is 29.3. The normalized spacial score (nSPS) is 14.2. The van der Waals surface area contributed by atoms with Gasteiger partial charge < -0.3 is 0 Å². The van der Waals surface area contributed by atoms with E-state index in [4.69, 9.17) is 6.64 Å². The van der Waals surface area contributed by atoms with Crippen LogP contribution in [0.2, 0.25) is 13.1 Å². The van der Waals surface area contributed by atoms with Crippen LogP contribution in [-0.2, 0) is 21.5 Å². The maximum absolute atomic E-state index is 14.2. The summed E-state index contributed by atoms with van der Waals surface area (Å²) in [5.74, 6) is -0.890. The number of benzene rings is 4. The molecule has 4 nitrogen and oxygen atoms in total. The fraction of sp³-hybridized carbons (Fsp3) is 0.118. The molecule has 40 heavy (non-hydrogen) atoms. The van der Waals surface area contributed by atoms with Gasteiger partial charge in [0.2, 0.25) is 0 Å². The molecule has 0 heterocycles. The van der Waals surface area contributed by atoms with Crippen LogP contribution < -0.4 is 0 Å². The molecule has 0 saturated carbocycles. The van der Waals surface area contributed by atoms with Crippen molar-refractivity contribution in [3.05, 3.63) is 154 Å². The molecule has 6 heteroatoms. The molecular weight excluding hydrogens is 548 g/mol. The molecule has 0 fully saturated rings. The van der Waals surface area contributed by atoms with Crippen molar-refractivity contribution in [1.29, 1.82) is 0 Å². The third-order valence-electron chi connectivity index (χ3n) is 8.29. The number of rotatable bonds is 6. The Morgan fingerprint density at radius 2 is 1.12 bits per heavy atom. The van der Waals surface area contributed by atoms with Crippen LogP contribution in [0.1, 0.15) is 42.5 Å². The van der Waals surface area contributed by atoms with Crippen LogP contribution in [0, 0.1) is 0 Å². The van der Waals surface area contributed by atoms with Crippen LogP contribution in [0.25, 0.3) is 11.1 Å². The first-order chi connectivity index (χ1) is 19.4. The van der Waals surface area contributed by atoms with Gasteiger partial charge in [-0.15, -0.1) is 0 Å². The van der Waals surface area contributed by atoms with Gasteiger partial charge in [0.25, 0.3) is 0 Å². The molecule has 0 bridgehead atoms. The zero-order valence-corrected chi connectivity index (χ0v) is 25.1. The van der Waals surface area contributed by atoms with Crippen LogP contribution in [-0.4, -0.2) is 18.1 Å². The van der Waals surface area contributed by atoms with E-state index in [0.717, 1.165) is 26.1 Å². The van der Waals surface area contributed by atoms with Gasteiger partial charge in [-0.25, -0.2) is 0 Å². The Balaban J connectivity index is 1.72. The van der Waals surface area contributed by atoms with Crippen LogP contribution in [0.15, 0.2) is 131 Å². The van der Waals surface area contributed by atoms with E-state index >= 15 is 0 Å². The summed E-state index contributed by atoms with van der Waals surface area (Å²) < 4.78 is 14.8. The Kier molecular flexibility index (Phi) is 6.83. The third kappa shape index (κ3) is 4.00. The second-order valence-corrected chi connectivity index (χ2v) is 27.3. The van der Waals surface area contributed by atoms with Gasteiger partial charge in [-0.05, 0) is 0 Å². The molecule has 4 aromatic carbocycles. The summed E-state index contributed by atoms with van der Waals surface area (Å²) in [6, 6.07) is 34.7. The van der Waals surface area contributed by atoms with Gasteiger partial charge in [0.1, 0.15) is 0 Å². The van der Waals surface area contributed by atoms with Crippen molar-refractivity contribution < 1.29 is 31.0 Å². The second-order valence-electron chi connectivity index (χ2n) is 10.6. The molecular formula is C34H30O4SiTi. The van der Waals surface area contributed by atoms with E-state index in [9.17, 15) is 9.59 Å². The van der Waals surface area contributed by atoms with Gasteiger partial charge in [-0.3, -0.25) is 0 Å². The van der Waals surface area contributed by atoms with Gasteiger partial charge in [0, 0.05) is 0 Å². The molecule has 4 aromatic rings. The minimum atomic E-state index is -5.44. The molecule has 198 valence electrons. The number of carbonyl (C=O) groups excluding carboxylic acids is 2. The van der Waals surface area contributed by atoms with Crippen LogP contribution in [0.4, 0.5) is 0 Å². The molecule has 2 aliphatic carbocycles. The van der Waals surface area contributed by atoms with Crippen molar-refractivity contribution in [2.24, 2.45) is 0 Å². The van der Waals surface area contributed by atoms with Gasteiger partial charge in [0.05, 0.1) is 0 Å². The van der Waals surface area contributed by atoms with Crippen molar-refractivity contribution in [3.8, 4) is 11.1 Å². The van der Waals surface area contributed by atoms with Crippen molar-refractivity contribution >= 4 is 18.1 Å². The van der Waals surface area contributed by atoms with Crippen molar-refractivity contribution in [1.82, 2.24) is 0 Å². The molecule has 2 aliphatic rings. The summed E-state index contributed by atoms with van der Waals surface area (Å²) in [6.07, 6.45) is 5.06. The fourth-order valence-corrected chi connectivity index (χ4v) is 25.4. The van der Waals surface area contributed by atoms with E-state index in [1.165, 1.54) is 0 Å². The second kappa shape index (κ2) is 10.3. The summed E-state index contributed by atoms with van der Waals surface area (Å²) in [5, 5.41) is 0. The number of carbonyl (C=O) groups is 2. The zero-order chi connectivity index (χ0) is 27.8. The van der Waals surface area contributed by atoms with Crippen molar-refractivity contribution in [2.75, 3.05) is 0 Å². The Bertz CT molecular complexity index is 1660. The van der Waals surface area contributed by atoms with Crippen molar-refractivity contribution in [2.45, 2.75) is 23.7 Å². The average molecular weight is 579 g/mol. The number of hydrogen-bond acceptors (Lipinski definition) is 4. The molecule has 0 aromatic heterocycles. The number of hydrogen-bond donors (Lipinski definition) is 0. The van der Waals surface area contributed by atoms with E-state index in [0.29, 0.717) is 17.5 Å². The monoisotopic (exact) mass is 578 g/mol. The summed E-state index contributed by atoms with van der Waals surface area (Å²) in [6.45, 7) is 4.31. The summed E-state index contributed by atoms with van der Waals surface area (Å²) in [4.78, 5) is 28.5. The Morgan fingerprint density at radius 3 is 1.55 bits per heavy atom. The quantitative estimate of drug-likeness (QED) is 0.217. The summed E-state index contributed by atoms with van der Waals surface area (Å²) in [5.41, 5.74) is 5.20. The standard InChI is InChI=1S/C13H9.2C7H6O2.C5H5.C2H6Si.Ti/c1-3-7-12-10(5-1)9-11-6-2-4-8-13(11)12;2*8-7(9)6-4-2-1-3-5-6;1-2-4-5-3-1;1-3-2;/h1-9H;2*1-5H,(H,8,9);1-3H,4H2;1-2H3;/q;;;;;+2/p-2. The van der Waals surface area contributed by atoms with E-state index < -0.39 is 32.9 Å².